The monoisotopic (exact) mass is 524 g/mol. The van der Waals surface area contributed by atoms with Crippen molar-refractivity contribution in [3.05, 3.63) is 91.9 Å². The van der Waals surface area contributed by atoms with Gasteiger partial charge in [-0.1, -0.05) is 70.7 Å². The summed E-state index contributed by atoms with van der Waals surface area (Å²) in [7, 11) is -4.02. The molecular formula is C24H23Cl3N2O3S. The number of hydrogen-bond donors (Lipinski definition) is 1. The number of para-hydroxylation sites is 1. The number of aryl methyl sites for hydroxylation is 3. The van der Waals surface area contributed by atoms with Crippen LogP contribution in [0.25, 0.3) is 0 Å². The molecule has 0 aliphatic rings. The van der Waals surface area contributed by atoms with Gasteiger partial charge in [-0.15, -0.1) is 0 Å². The molecule has 174 valence electrons. The van der Waals surface area contributed by atoms with Crippen molar-refractivity contribution in [1.29, 1.82) is 0 Å². The van der Waals surface area contributed by atoms with Gasteiger partial charge in [0.25, 0.3) is 0 Å². The van der Waals surface area contributed by atoms with Crippen molar-refractivity contribution >= 4 is 56.4 Å². The lowest BCUT2D eigenvalue weighted by atomic mass is 10.1. The summed E-state index contributed by atoms with van der Waals surface area (Å²) in [6, 6.07) is 15.2. The predicted molar refractivity (Wildman–Crippen MR) is 135 cm³/mol. The summed E-state index contributed by atoms with van der Waals surface area (Å²) in [6.07, 6.45) is 0. The first-order valence-electron chi connectivity index (χ1n) is 10.1. The molecule has 33 heavy (non-hydrogen) atoms. The van der Waals surface area contributed by atoms with E-state index in [0.29, 0.717) is 21.7 Å². The van der Waals surface area contributed by atoms with Crippen LogP contribution in [0.1, 0.15) is 22.3 Å². The van der Waals surface area contributed by atoms with Crippen molar-refractivity contribution in [3.8, 4) is 0 Å². The number of halogens is 3. The van der Waals surface area contributed by atoms with E-state index in [1.165, 1.54) is 0 Å². The summed E-state index contributed by atoms with van der Waals surface area (Å²) in [5.74, 6) is -0.565. The number of carbonyl (C=O) groups excluding carboxylic acids is 1. The highest BCUT2D eigenvalue weighted by atomic mass is 35.5. The summed E-state index contributed by atoms with van der Waals surface area (Å²) >= 11 is 18.3. The average Bonchev–Trinajstić information content (AvgIpc) is 2.71. The van der Waals surface area contributed by atoms with Crippen molar-refractivity contribution < 1.29 is 13.2 Å². The Kier molecular flexibility index (Phi) is 8.08. The number of nitrogens with one attached hydrogen (secondary N) is 1. The standard InChI is InChI=1S/C24H23Cl3N2O3S/c1-15-11-16(2)24(17(3)12-15)33(31,32)29(13-18-7-9-19(25)10-8-18)14-22(30)28-23-20(26)5-4-6-21(23)27/h4-12H,13-14H2,1-3H3,(H,28,30). The highest BCUT2D eigenvalue weighted by Crippen LogP contribution is 2.30. The van der Waals surface area contributed by atoms with Gasteiger partial charge in [0.1, 0.15) is 0 Å². The third-order valence-electron chi connectivity index (χ3n) is 5.02. The molecule has 9 heteroatoms. The summed E-state index contributed by atoms with van der Waals surface area (Å²) in [5.41, 5.74) is 3.11. The van der Waals surface area contributed by atoms with Crippen LogP contribution in [0.2, 0.25) is 15.1 Å². The number of amides is 1. The normalized spacial score (nSPS) is 11.6. The van der Waals surface area contributed by atoms with Crippen molar-refractivity contribution in [2.45, 2.75) is 32.2 Å². The minimum Gasteiger partial charge on any atom is -0.322 e. The van der Waals surface area contributed by atoms with Crippen molar-refractivity contribution in [3.63, 3.8) is 0 Å². The van der Waals surface area contributed by atoms with E-state index in [1.54, 1.807) is 56.3 Å². The molecule has 0 heterocycles. The molecule has 1 amide bonds. The van der Waals surface area contributed by atoms with Crippen molar-refractivity contribution in [2.24, 2.45) is 0 Å². The molecule has 0 radical (unpaired) electrons. The van der Waals surface area contributed by atoms with Crippen LogP contribution in [0.4, 0.5) is 5.69 Å². The van der Waals surface area contributed by atoms with E-state index in [2.05, 4.69) is 5.32 Å². The van der Waals surface area contributed by atoms with Crippen LogP contribution in [0.5, 0.6) is 0 Å². The highest BCUT2D eigenvalue weighted by molar-refractivity contribution is 7.89. The predicted octanol–water partition coefficient (Wildman–Crippen LogP) is 6.40. The number of rotatable bonds is 7. The first-order chi connectivity index (χ1) is 15.5. The topological polar surface area (TPSA) is 66.5 Å². The summed E-state index contributed by atoms with van der Waals surface area (Å²) < 4.78 is 28.6. The second kappa shape index (κ2) is 10.5. The van der Waals surface area contributed by atoms with Gasteiger partial charge in [0.15, 0.2) is 0 Å². The van der Waals surface area contributed by atoms with Gasteiger partial charge in [-0.2, -0.15) is 4.31 Å². The second-order valence-corrected chi connectivity index (χ2v) is 10.9. The average molecular weight is 526 g/mol. The number of nitrogens with zero attached hydrogens (tertiary/aromatic N) is 1. The molecule has 3 aromatic rings. The van der Waals surface area contributed by atoms with Crippen LogP contribution < -0.4 is 5.32 Å². The molecule has 0 saturated carbocycles. The van der Waals surface area contributed by atoms with Crippen LogP contribution >= 0.6 is 34.8 Å². The third kappa shape index (κ3) is 6.08. The minimum atomic E-state index is -4.02. The van der Waals surface area contributed by atoms with Crippen LogP contribution in [0, 0.1) is 20.8 Å². The van der Waals surface area contributed by atoms with E-state index in [-0.39, 0.29) is 27.2 Å². The van der Waals surface area contributed by atoms with Gasteiger partial charge >= 0.3 is 0 Å². The smallest absolute Gasteiger partial charge is 0.244 e. The molecular weight excluding hydrogens is 503 g/mol. The Labute approximate surface area is 209 Å². The molecule has 0 saturated heterocycles. The quantitative estimate of drug-likeness (QED) is 0.388. The maximum absolute atomic E-state index is 13.7. The van der Waals surface area contributed by atoms with Crippen LogP contribution in [0.15, 0.2) is 59.5 Å². The fourth-order valence-corrected chi connectivity index (χ4v) is 6.09. The Morgan fingerprint density at radius 3 is 2.00 bits per heavy atom. The maximum atomic E-state index is 13.7. The molecule has 5 nitrogen and oxygen atoms in total. The van der Waals surface area contributed by atoms with Crippen molar-refractivity contribution in [2.75, 3.05) is 11.9 Å². The van der Waals surface area contributed by atoms with Gasteiger partial charge in [0, 0.05) is 11.6 Å². The molecule has 3 aromatic carbocycles. The lowest BCUT2D eigenvalue weighted by molar-refractivity contribution is -0.116. The molecule has 0 bridgehead atoms. The first-order valence-corrected chi connectivity index (χ1v) is 12.6. The fraction of sp³-hybridized carbons (Fsp3) is 0.208. The summed E-state index contributed by atoms with van der Waals surface area (Å²) in [4.78, 5) is 13.1. The number of hydrogen-bond acceptors (Lipinski definition) is 3. The maximum Gasteiger partial charge on any atom is 0.244 e. The van der Waals surface area contributed by atoms with Gasteiger partial charge < -0.3 is 5.32 Å². The van der Waals surface area contributed by atoms with Crippen LogP contribution in [0.3, 0.4) is 0 Å². The van der Waals surface area contributed by atoms with Crippen LogP contribution in [-0.4, -0.2) is 25.2 Å². The van der Waals surface area contributed by atoms with Gasteiger partial charge in [0.2, 0.25) is 15.9 Å². The molecule has 0 spiro atoms. The third-order valence-corrected chi connectivity index (χ3v) is 8.00. The second-order valence-electron chi connectivity index (χ2n) is 7.77. The van der Waals surface area contributed by atoms with Gasteiger partial charge in [0.05, 0.1) is 27.2 Å². The summed E-state index contributed by atoms with van der Waals surface area (Å²) in [5, 5.41) is 3.68. The largest absolute Gasteiger partial charge is 0.322 e. The lowest BCUT2D eigenvalue weighted by Crippen LogP contribution is -2.38. The fourth-order valence-electron chi connectivity index (χ4n) is 3.68. The van der Waals surface area contributed by atoms with Gasteiger partial charge in [-0.05, 0) is 61.7 Å². The van der Waals surface area contributed by atoms with E-state index in [9.17, 15) is 13.2 Å². The lowest BCUT2D eigenvalue weighted by Gasteiger charge is -2.24. The highest BCUT2D eigenvalue weighted by Gasteiger charge is 2.30. The van der Waals surface area contributed by atoms with Gasteiger partial charge in [-0.25, -0.2) is 8.42 Å². The zero-order valence-corrected chi connectivity index (χ0v) is 21.4. The Hall–Kier alpha value is -2.09. The van der Waals surface area contributed by atoms with Crippen LogP contribution in [-0.2, 0) is 21.4 Å². The zero-order valence-electron chi connectivity index (χ0n) is 18.3. The number of anilines is 1. The van der Waals surface area contributed by atoms with Gasteiger partial charge in [-0.3, -0.25) is 4.79 Å². The zero-order chi connectivity index (χ0) is 24.3. The molecule has 0 aliphatic carbocycles. The molecule has 0 aliphatic heterocycles. The minimum absolute atomic E-state index is 0.0179. The number of carbonyl (C=O) groups is 1. The molecule has 0 fully saturated rings. The molecule has 3 rings (SSSR count). The first kappa shape index (κ1) is 25.5. The van der Waals surface area contributed by atoms with E-state index in [1.807, 2.05) is 19.1 Å². The molecule has 0 aromatic heterocycles. The molecule has 0 atom stereocenters. The Morgan fingerprint density at radius 2 is 1.45 bits per heavy atom. The molecule has 0 unspecified atom stereocenters. The molecule has 1 N–H and O–H groups in total. The van der Waals surface area contributed by atoms with E-state index in [0.717, 1.165) is 9.87 Å². The number of benzene rings is 3. The van der Waals surface area contributed by atoms with Crippen molar-refractivity contribution in [1.82, 2.24) is 4.31 Å². The Morgan fingerprint density at radius 1 is 0.909 bits per heavy atom. The van der Waals surface area contributed by atoms with E-state index in [4.69, 9.17) is 34.8 Å². The number of sulfonamides is 1. The SMILES string of the molecule is Cc1cc(C)c(S(=O)(=O)N(CC(=O)Nc2c(Cl)cccc2Cl)Cc2ccc(Cl)cc2)c(C)c1. The van der Waals surface area contributed by atoms with E-state index < -0.39 is 22.5 Å². The Balaban J connectivity index is 1.99. The van der Waals surface area contributed by atoms with E-state index >= 15 is 0 Å². The summed E-state index contributed by atoms with van der Waals surface area (Å²) in [6.45, 7) is 4.95. The Bertz CT molecular complexity index is 1250.